The largest absolute Gasteiger partial charge is 0.465 e. The van der Waals surface area contributed by atoms with Gasteiger partial charge in [-0.1, -0.05) is 19.1 Å². The number of azo groups is 1. The summed E-state index contributed by atoms with van der Waals surface area (Å²) in [6.45, 7) is 3.09. The van der Waals surface area contributed by atoms with E-state index in [1.807, 2.05) is 25.1 Å². The van der Waals surface area contributed by atoms with Crippen LogP contribution in [0.25, 0.3) is 0 Å². The van der Waals surface area contributed by atoms with Crippen molar-refractivity contribution in [1.82, 2.24) is 0 Å². The minimum atomic E-state index is -0.173. The summed E-state index contributed by atoms with van der Waals surface area (Å²) < 4.78 is 5.03. The molecular weight excluding hydrogens is 204 g/mol. The van der Waals surface area contributed by atoms with Crippen LogP contribution in [0.4, 0.5) is 5.69 Å². The van der Waals surface area contributed by atoms with Gasteiger partial charge in [-0.15, -0.1) is 0 Å². The van der Waals surface area contributed by atoms with Gasteiger partial charge in [-0.05, 0) is 18.1 Å². The molecule has 1 heterocycles. The molecule has 4 heteroatoms. The van der Waals surface area contributed by atoms with Crippen molar-refractivity contribution in [2.24, 2.45) is 10.2 Å². The highest BCUT2D eigenvalue weighted by atomic mass is 16.5. The van der Waals surface area contributed by atoms with Crippen LogP contribution in [0, 0.1) is 0 Å². The first-order valence-corrected chi connectivity index (χ1v) is 5.44. The average Bonchev–Trinajstić information content (AvgIpc) is 2.73. The lowest BCUT2D eigenvalue weighted by molar-refractivity contribution is -0.142. The molecule has 84 valence electrons. The fourth-order valence-electron chi connectivity index (χ4n) is 1.59. The summed E-state index contributed by atoms with van der Waals surface area (Å²) in [4.78, 5) is 11.4. The molecule has 0 spiro atoms. The number of carbonyl (C=O) groups is 1. The molecular formula is C12H14N2O2. The van der Waals surface area contributed by atoms with Gasteiger partial charge in [0.2, 0.25) is 0 Å². The molecule has 0 bridgehead atoms. The Morgan fingerprint density at radius 2 is 2.38 bits per heavy atom. The predicted molar refractivity (Wildman–Crippen MR) is 59.6 cm³/mol. The van der Waals surface area contributed by atoms with E-state index in [-0.39, 0.29) is 5.97 Å². The molecule has 0 aliphatic carbocycles. The maximum Gasteiger partial charge on any atom is 0.310 e. The van der Waals surface area contributed by atoms with Crippen LogP contribution < -0.4 is 0 Å². The second kappa shape index (κ2) is 4.88. The number of rotatable bonds is 4. The Labute approximate surface area is 94.3 Å². The molecule has 0 fully saturated rings. The van der Waals surface area contributed by atoms with Gasteiger partial charge in [0.1, 0.15) is 0 Å². The number of fused-ring (bicyclic) bond motifs is 1. The Kier molecular flexibility index (Phi) is 3.29. The molecule has 4 nitrogen and oxygen atoms in total. The lowest BCUT2D eigenvalue weighted by Gasteiger charge is -2.04. The van der Waals surface area contributed by atoms with Crippen LogP contribution in [0.15, 0.2) is 28.4 Å². The van der Waals surface area contributed by atoms with Crippen molar-refractivity contribution in [2.75, 3.05) is 6.61 Å². The van der Waals surface area contributed by atoms with Gasteiger partial charge >= 0.3 is 5.97 Å². The monoisotopic (exact) mass is 218 g/mol. The normalized spacial score (nSPS) is 12.6. The van der Waals surface area contributed by atoms with Crippen LogP contribution in [-0.2, 0) is 22.5 Å². The zero-order chi connectivity index (χ0) is 11.4. The molecule has 0 amide bonds. The van der Waals surface area contributed by atoms with Gasteiger partial charge < -0.3 is 4.74 Å². The quantitative estimate of drug-likeness (QED) is 0.729. The van der Waals surface area contributed by atoms with Crippen LogP contribution >= 0.6 is 0 Å². The van der Waals surface area contributed by atoms with Gasteiger partial charge in [0.25, 0.3) is 0 Å². The van der Waals surface area contributed by atoms with E-state index in [9.17, 15) is 4.79 Å². The van der Waals surface area contributed by atoms with Crippen molar-refractivity contribution in [3.63, 3.8) is 0 Å². The third-order valence-electron chi connectivity index (χ3n) is 2.38. The molecule has 1 aliphatic heterocycles. The number of hydrogen-bond donors (Lipinski definition) is 0. The first-order chi connectivity index (χ1) is 7.79. The number of benzene rings is 1. The van der Waals surface area contributed by atoms with E-state index in [2.05, 4.69) is 10.2 Å². The van der Waals surface area contributed by atoms with Gasteiger partial charge in [-0.25, -0.2) is 0 Å². The smallest absolute Gasteiger partial charge is 0.310 e. The highest BCUT2D eigenvalue weighted by Crippen LogP contribution is 2.27. The molecule has 0 saturated heterocycles. The van der Waals surface area contributed by atoms with E-state index in [4.69, 9.17) is 4.74 Å². The third kappa shape index (κ3) is 2.45. The molecule has 0 N–H and O–H groups in total. The molecule has 1 aliphatic rings. The maximum absolute atomic E-state index is 11.4. The summed E-state index contributed by atoms with van der Waals surface area (Å²) in [6.07, 6.45) is 1.18. The van der Waals surface area contributed by atoms with E-state index in [0.29, 0.717) is 19.6 Å². The zero-order valence-corrected chi connectivity index (χ0v) is 9.27. The maximum atomic E-state index is 11.4. The number of hydrogen-bond acceptors (Lipinski definition) is 4. The number of carbonyl (C=O) groups excluding carboxylic acids is 1. The van der Waals surface area contributed by atoms with Gasteiger partial charge in [-0.2, -0.15) is 10.2 Å². The lowest BCUT2D eigenvalue weighted by atomic mass is 10.1. The Balaban J connectivity index is 1.98. The van der Waals surface area contributed by atoms with E-state index in [1.165, 1.54) is 0 Å². The Hall–Kier alpha value is -1.71. The molecule has 2 rings (SSSR count). The summed E-state index contributed by atoms with van der Waals surface area (Å²) in [5.74, 6) is -0.173. The van der Waals surface area contributed by atoms with Gasteiger partial charge in [0.05, 0.1) is 25.3 Å². The highest BCUT2D eigenvalue weighted by Gasteiger charge is 2.10. The van der Waals surface area contributed by atoms with Crippen molar-refractivity contribution in [1.29, 1.82) is 0 Å². The first kappa shape index (κ1) is 10.8. The lowest BCUT2D eigenvalue weighted by Crippen LogP contribution is -2.08. The number of ether oxygens (including phenoxy) is 1. The molecule has 0 saturated carbocycles. The van der Waals surface area contributed by atoms with E-state index in [0.717, 1.165) is 23.2 Å². The summed E-state index contributed by atoms with van der Waals surface area (Å²) in [7, 11) is 0. The molecule has 16 heavy (non-hydrogen) atoms. The van der Waals surface area contributed by atoms with E-state index < -0.39 is 0 Å². The molecule has 0 radical (unpaired) electrons. The van der Waals surface area contributed by atoms with Gasteiger partial charge in [0, 0.05) is 5.56 Å². The van der Waals surface area contributed by atoms with Crippen molar-refractivity contribution in [3.05, 3.63) is 29.3 Å². The third-order valence-corrected chi connectivity index (χ3v) is 2.38. The van der Waals surface area contributed by atoms with Crippen molar-refractivity contribution < 1.29 is 9.53 Å². The predicted octanol–water partition coefficient (Wildman–Crippen LogP) is 2.78. The second-order valence-corrected chi connectivity index (χ2v) is 3.76. The minimum absolute atomic E-state index is 0.173. The zero-order valence-electron chi connectivity index (χ0n) is 9.27. The fraction of sp³-hybridized carbons (Fsp3) is 0.417. The van der Waals surface area contributed by atoms with Crippen molar-refractivity contribution in [2.45, 2.75) is 26.3 Å². The van der Waals surface area contributed by atoms with Crippen molar-refractivity contribution >= 4 is 11.7 Å². The Morgan fingerprint density at radius 1 is 1.50 bits per heavy atom. The summed E-state index contributed by atoms with van der Waals surface area (Å²) in [5, 5.41) is 7.91. The second-order valence-electron chi connectivity index (χ2n) is 3.76. The topological polar surface area (TPSA) is 51.0 Å². The van der Waals surface area contributed by atoms with Crippen LogP contribution in [-0.4, -0.2) is 12.6 Å². The summed E-state index contributed by atoms with van der Waals surface area (Å²) >= 11 is 0. The van der Waals surface area contributed by atoms with Crippen molar-refractivity contribution in [3.8, 4) is 0 Å². The minimum Gasteiger partial charge on any atom is -0.465 e. The van der Waals surface area contributed by atoms with E-state index >= 15 is 0 Å². The number of esters is 1. The van der Waals surface area contributed by atoms with Crippen LogP contribution in [0.3, 0.4) is 0 Å². The van der Waals surface area contributed by atoms with Gasteiger partial charge in [0.15, 0.2) is 0 Å². The molecule has 0 unspecified atom stereocenters. The highest BCUT2D eigenvalue weighted by molar-refractivity contribution is 5.73. The van der Waals surface area contributed by atoms with Crippen LogP contribution in [0.2, 0.25) is 0 Å². The fourth-order valence-corrected chi connectivity index (χ4v) is 1.59. The summed E-state index contributed by atoms with van der Waals surface area (Å²) in [6, 6.07) is 5.77. The van der Waals surface area contributed by atoms with Crippen LogP contribution in [0.5, 0.6) is 0 Å². The number of nitrogens with zero attached hydrogens (tertiary/aromatic N) is 2. The Morgan fingerprint density at radius 3 is 3.19 bits per heavy atom. The SMILES string of the molecule is CCCOC(=O)Cc1ccc2c(c1)CN=N2. The molecule has 0 aromatic heterocycles. The Bertz CT molecular complexity index is 427. The average molecular weight is 218 g/mol. The standard InChI is InChI=1S/C12H14N2O2/c1-2-5-16-12(15)7-9-3-4-11-10(6-9)8-13-14-11/h3-4,6H,2,5,7-8H2,1H3. The molecule has 1 aromatic rings. The molecule has 1 aromatic carbocycles. The van der Waals surface area contributed by atoms with E-state index in [1.54, 1.807) is 0 Å². The van der Waals surface area contributed by atoms with Crippen LogP contribution in [0.1, 0.15) is 24.5 Å². The summed E-state index contributed by atoms with van der Waals surface area (Å²) in [5.41, 5.74) is 2.96. The molecule has 0 atom stereocenters. The first-order valence-electron chi connectivity index (χ1n) is 5.44. The van der Waals surface area contributed by atoms with Gasteiger partial charge in [-0.3, -0.25) is 4.79 Å².